The van der Waals surface area contributed by atoms with Gasteiger partial charge in [-0.15, -0.1) is 0 Å². The zero-order valence-corrected chi connectivity index (χ0v) is 16.5. The molecule has 27 heavy (non-hydrogen) atoms. The first kappa shape index (κ1) is 17.7. The van der Waals surface area contributed by atoms with Crippen molar-refractivity contribution in [2.45, 2.75) is 12.6 Å². The summed E-state index contributed by atoms with van der Waals surface area (Å²) in [6.45, 7) is 1.42. The second kappa shape index (κ2) is 7.48. The van der Waals surface area contributed by atoms with E-state index in [0.29, 0.717) is 12.3 Å². The van der Waals surface area contributed by atoms with Crippen molar-refractivity contribution in [2.75, 3.05) is 19.0 Å². The van der Waals surface area contributed by atoms with Crippen LogP contribution < -0.4 is 10.1 Å². The number of halogens is 1. The van der Waals surface area contributed by atoms with Gasteiger partial charge in [0.2, 0.25) is 0 Å². The summed E-state index contributed by atoms with van der Waals surface area (Å²) in [5.74, 6) is 0.713. The molecule has 4 rings (SSSR count). The number of nitrogens with one attached hydrogen (secondary N) is 1. The van der Waals surface area contributed by atoms with Gasteiger partial charge in [-0.3, -0.25) is 0 Å². The molecule has 0 unspecified atom stereocenters. The number of benzene rings is 2. The van der Waals surface area contributed by atoms with Gasteiger partial charge >= 0.3 is 6.03 Å². The van der Waals surface area contributed by atoms with Crippen LogP contribution in [-0.4, -0.2) is 29.2 Å². The quantitative estimate of drug-likeness (QED) is 0.648. The molecule has 1 aromatic heterocycles. The molecule has 0 saturated heterocycles. The van der Waals surface area contributed by atoms with Gasteiger partial charge in [-0.05, 0) is 42.0 Å². The Kier molecular flexibility index (Phi) is 4.90. The molecule has 1 aliphatic rings. The van der Waals surface area contributed by atoms with E-state index in [1.54, 1.807) is 7.11 Å². The predicted octanol–water partition coefficient (Wildman–Crippen LogP) is 4.90. The summed E-state index contributed by atoms with van der Waals surface area (Å²) < 4.78 is 8.48. The minimum Gasteiger partial charge on any atom is -0.497 e. The van der Waals surface area contributed by atoms with E-state index >= 15 is 0 Å². The molecule has 1 atom stereocenters. The topological polar surface area (TPSA) is 46.5 Å². The van der Waals surface area contributed by atoms with E-state index in [4.69, 9.17) is 4.74 Å². The molecule has 5 nitrogen and oxygen atoms in total. The predicted molar refractivity (Wildman–Crippen MR) is 109 cm³/mol. The number of ether oxygens (including phenoxy) is 1. The van der Waals surface area contributed by atoms with Crippen molar-refractivity contribution < 1.29 is 9.53 Å². The lowest BCUT2D eigenvalue weighted by Gasteiger charge is -2.37. The number of nitrogens with zero attached hydrogens (tertiary/aromatic N) is 2. The van der Waals surface area contributed by atoms with E-state index in [1.165, 1.54) is 0 Å². The fraction of sp³-hybridized carbons (Fsp3) is 0.190. The maximum atomic E-state index is 13.1. The van der Waals surface area contributed by atoms with Crippen LogP contribution in [0.5, 0.6) is 5.75 Å². The molecule has 6 heteroatoms. The molecule has 0 radical (unpaired) electrons. The molecule has 1 N–H and O–H groups in total. The molecule has 0 spiro atoms. The SMILES string of the molecule is COc1cccc(NC(=O)N2CCn3cccc3[C@H]2c2ccc(Br)cc2)c1. The van der Waals surface area contributed by atoms with Crippen LogP contribution >= 0.6 is 15.9 Å². The first-order chi connectivity index (χ1) is 13.2. The molecular weight excluding hydrogens is 406 g/mol. The normalized spacial score (nSPS) is 15.9. The maximum absolute atomic E-state index is 13.1. The van der Waals surface area contributed by atoms with Gasteiger partial charge < -0.3 is 19.5 Å². The van der Waals surface area contributed by atoms with E-state index in [2.05, 4.69) is 50.2 Å². The minimum atomic E-state index is -0.132. The van der Waals surface area contributed by atoms with Crippen molar-refractivity contribution in [3.63, 3.8) is 0 Å². The number of urea groups is 1. The van der Waals surface area contributed by atoms with Crippen molar-refractivity contribution in [1.82, 2.24) is 9.47 Å². The molecule has 138 valence electrons. The summed E-state index contributed by atoms with van der Waals surface area (Å²) in [7, 11) is 1.61. The number of carbonyl (C=O) groups excluding carboxylic acids is 1. The van der Waals surface area contributed by atoms with Gasteiger partial charge in [0.1, 0.15) is 5.75 Å². The monoisotopic (exact) mass is 425 g/mol. The molecule has 0 fully saturated rings. The van der Waals surface area contributed by atoms with E-state index < -0.39 is 0 Å². The highest BCUT2D eigenvalue weighted by molar-refractivity contribution is 9.10. The first-order valence-electron chi connectivity index (χ1n) is 8.78. The minimum absolute atomic E-state index is 0.122. The summed E-state index contributed by atoms with van der Waals surface area (Å²) >= 11 is 3.49. The number of carbonyl (C=O) groups is 1. The lowest BCUT2D eigenvalue weighted by atomic mass is 10.0. The number of rotatable bonds is 3. The number of hydrogen-bond acceptors (Lipinski definition) is 2. The zero-order valence-electron chi connectivity index (χ0n) is 14.9. The number of anilines is 1. The van der Waals surface area contributed by atoms with Gasteiger partial charge in [-0.2, -0.15) is 0 Å². The van der Waals surface area contributed by atoms with E-state index in [1.807, 2.05) is 47.4 Å². The smallest absolute Gasteiger partial charge is 0.322 e. The molecule has 3 aromatic rings. The van der Waals surface area contributed by atoms with Gasteiger partial charge in [0, 0.05) is 41.2 Å². The third kappa shape index (κ3) is 3.57. The van der Waals surface area contributed by atoms with E-state index in [0.717, 1.165) is 28.0 Å². The highest BCUT2D eigenvalue weighted by Gasteiger charge is 2.32. The molecule has 2 heterocycles. The van der Waals surface area contributed by atoms with Crippen LogP contribution in [0.2, 0.25) is 0 Å². The maximum Gasteiger partial charge on any atom is 0.322 e. The molecule has 2 aromatic carbocycles. The summed E-state index contributed by atoms with van der Waals surface area (Å²) in [5, 5.41) is 3.01. The number of aromatic nitrogens is 1. The average Bonchev–Trinajstić information content (AvgIpc) is 3.17. The van der Waals surface area contributed by atoms with Gasteiger partial charge in [0.25, 0.3) is 0 Å². The Bertz CT molecular complexity index is 952. The number of fused-ring (bicyclic) bond motifs is 1. The van der Waals surface area contributed by atoms with Crippen LogP contribution in [0, 0.1) is 0 Å². The Morgan fingerprint density at radius 3 is 2.70 bits per heavy atom. The third-order valence-electron chi connectivity index (χ3n) is 4.81. The van der Waals surface area contributed by atoms with Gasteiger partial charge in [0.05, 0.1) is 13.2 Å². The molecular formula is C21H20BrN3O2. The standard InChI is InChI=1S/C21H20BrN3O2/c1-27-18-5-2-4-17(14-18)23-21(26)25-13-12-24-11-3-6-19(24)20(25)15-7-9-16(22)10-8-15/h2-11,14,20H,12-13H2,1H3,(H,23,26)/t20-/m1/s1. The van der Waals surface area contributed by atoms with E-state index in [9.17, 15) is 4.79 Å². The van der Waals surface area contributed by atoms with Crippen LogP contribution in [0.15, 0.2) is 71.3 Å². The summed E-state index contributed by atoms with van der Waals surface area (Å²) in [4.78, 5) is 15.0. The van der Waals surface area contributed by atoms with Crippen molar-refractivity contribution >= 4 is 27.6 Å². The Hall–Kier alpha value is -2.73. The van der Waals surface area contributed by atoms with Crippen LogP contribution in [0.4, 0.5) is 10.5 Å². The van der Waals surface area contributed by atoms with Gasteiger partial charge in [-0.1, -0.05) is 34.1 Å². The summed E-state index contributed by atoms with van der Waals surface area (Å²) in [5.41, 5.74) is 2.91. The molecule has 0 bridgehead atoms. The lowest BCUT2D eigenvalue weighted by molar-refractivity contribution is 0.182. The van der Waals surface area contributed by atoms with Gasteiger partial charge in [0.15, 0.2) is 0 Å². The second-order valence-electron chi connectivity index (χ2n) is 6.44. The van der Waals surface area contributed by atoms with Crippen LogP contribution in [-0.2, 0) is 6.54 Å². The van der Waals surface area contributed by atoms with Crippen molar-refractivity contribution in [2.24, 2.45) is 0 Å². The summed E-state index contributed by atoms with van der Waals surface area (Å²) in [6, 6.07) is 19.4. The van der Waals surface area contributed by atoms with Crippen LogP contribution in [0.25, 0.3) is 0 Å². The largest absolute Gasteiger partial charge is 0.497 e. The van der Waals surface area contributed by atoms with Crippen molar-refractivity contribution in [3.05, 3.63) is 82.6 Å². The van der Waals surface area contributed by atoms with Crippen LogP contribution in [0.1, 0.15) is 17.3 Å². The highest BCUT2D eigenvalue weighted by Crippen LogP contribution is 2.33. The Morgan fingerprint density at radius 2 is 1.93 bits per heavy atom. The van der Waals surface area contributed by atoms with Crippen molar-refractivity contribution in [1.29, 1.82) is 0 Å². The molecule has 1 aliphatic heterocycles. The zero-order chi connectivity index (χ0) is 18.8. The number of hydrogen-bond donors (Lipinski definition) is 1. The fourth-order valence-corrected chi connectivity index (χ4v) is 3.76. The Balaban J connectivity index is 1.65. The third-order valence-corrected chi connectivity index (χ3v) is 5.33. The van der Waals surface area contributed by atoms with E-state index in [-0.39, 0.29) is 12.1 Å². The molecule has 2 amide bonds. The highest BCUT2D eigenvalue weighted by atomic mass is 79.9. The van der Waals surface area contributed by atoms with Gasteiger partial charge in [-0.25, -0.2) is 4.79 Å². The van der Waals surface area contributed by atoms with Crippen molar-refractivity contribution in [3.8, 4) is 5.75 Å². The van der Waals surface area contributed by atoms with Crippen LogP contribution in [0.3, 0.4) is 0 Å². The Morgan fingerprint density at radius 1 is 1.11 bits per heavy atom. The summed E-state index contributed by atoms with van der Waals surface area (Å²) in [6.07, 6.45) is 2.07. The number of methoxy groups -OCH3 is 1. The Labute approximate surface area is 166 Å². The fourth-order valence-electron chi connectivity index (χ4n) is 3.49. The second-order valence-corrected chi connectivity index (χ2v) is 7.35. The molecule has 0 aliphatic carbocycles. The molecule has 0 saturated carbocycles. The average molecular weight is 426 g/mol. The number of amides is 2. The first-order valence-corrected chi connectivity index (χ1v) is 9.57. The lowest BCUT2D eigenvalue weighted by Crippen LogP contribution is -2.44.